The summed E-state index contributed by atoms with van der Waals surface area (Å²) in [5.74, 6) is 0.994. The largest absolute Gasteiger partial charge is 0.345 e. The summed E-state index contributed by atoms with van der Waals surface area (Å²) in [6, 6.07) is 5.72. The number of rotatable bonds is 3. The van der Waals surface area contributed by atoms with Gasteiger partial charge in [-0.25, -0.2) is 4.98 Å². The topological polar surface area (TPSA) is 99.9 Å². The molecule has 8 heteroatoms. The smallest absolute Gasteiger partial charge is 0.246 e. The fraction of sp³-hybridized carbons (Fsp3) is 0.286. The number of amides is 1. The van der Waals surface area contributed by atoms with Crippen molar-refractivity contribution < 1.29 is 9.32 Å². The molecular formula is C14H14N6O2. The van der Waals surface area contributed by atoms with Gasteiger partial charge < -0.3 is 19.7 Å². The molecule has 3 aromatic rings. The van der Waals surface area contributed by atoms with E-state index in [0.717, 1.165) is 23.1 Å². The van der Waals surface area contributed by atoms with Crippen LogP contribution in [0.1, 0.15) is 5.89 Å². The first-order valence-electron chi connectivity index (χ1n) is 7.04. The van der Waals surface area contributed by atoms with Crippen LogP contribution in [0.25, 0.3) is 22.4 Å². The van der Waals surface area contributed by atoms with Gasteiger partial charge in [0.05, 0.1) is 23.9 Å². The Kier molecular flexibility index (Phi) is 3.08. The molecule has 1 aliphatic heterocycles. The number of nitrogens with zero attached hydrogens (tertiary/aromatic N) is 4. The Labute approximate surface area is 125 Å². The zero-order valence-electron chi connectivity index (χ0n) is 11.7. The summed E-state index contributed by atoms with van der Waals surface area (Å²) in [6.45, 7) is 2.14. The van der Waals surface area contributed by atoms with Gasteiger partial charge >= 0.3 is 0 Å². The first-order chi connectivity index (χ1) is 10.8. The third-order valence-corrected chi connectivity index (χ3v) is 3.66. The highest BCUT2D eigenvalue weighted by Crippen LogP contribution is 2.20. The number of hydrogen-bond acceptors (Lipinski definition) is 6. The number of aromatic amines is 1. The first-order valence-corrected chi connectivity index (χ1v) is 7.04. The number of benzene rings is 1. The second-order valence-corrected chi connectivity index (χ2v) is 5.14. The Bertz CT molecular complexity index is 823. The summed E-state index contributed by atoms with van der Waals surface area (Å²) in [6.07, 6.45) is 1.64. The molecule has 0 unspecified atom stereocenters. The Balaban J connectivity index is 1.56. The fourth-order valence-electron chi connectivity index (χ4n) is 2.49. The standard InChI is InChI=1S/C14H14N6O2/c21-13-6-15-3-4-20(13)7-12-18-14(19-22-12)9-1-2-10-11(5-9)17-8-16-10/h1-2,5,8,15H,3-4,6-7H2,(H,16,17). The number of carbonyl (C=O) groups is 1. The maximum atomic E-state index is 11.8. The maximum absolute atomic E-state index is 11.8. The quantitative estimate of drug-likeness (QED) is 0.732. The average Bonchev–Trinajstić information content (AvgIpc) is 3.17. The lowest BCUT2D eigenvalue weighted by molar-refractivity contribution is -0.132. The van der Waals surface area contributed by atoms with Crippen LogP contribution in [0, 0.1) is 0 Å². The molecule has 2 aromatic heterocycles. The highest BCUT2D eigenvalue weighted by molar-refractivity contribution is 5.80. The van der Waals surface area contributed by atoms with E-state index in [0.29, 0.717) is 31.3 Å². The van der Waals surface area contributed by atoms with Crippen LogP contribution in [0.5, 0.6) is 0 Å². The number of fused-ring (bicyclic) bond motifs is 1. The SMILES string of the molecule is O=C1CNCCN1Cc1nc(-c2ccc3nc[nH]c3c2)no1. The number of imidazole rings is 1. The third-order valence-electron chi connectivity index (χ3n) is 3.66. The predicted molar refractivity (Wildman–Crippen MR) is 77.7 cm³/mol. The lowest BCUT2D eigenvalue weighted by Gasteiger charge is -2.25. The number of carbonyl (C=O) groups excluding carboxylic acids is 1. The molecule has 1 aliphatic rings. The number of piperazine rings is 1. The van der Waals surface area contributed by atoms with Crippen LogP contribution in [0.3, 0.4) is 0 Å². The van der Waals surface area contributed by atoms with Crippen LogP contribution in [0.2, 0.25) is 0 Å². The highest BCUT2D eigenvalue weighted by Gasteiger charge is 2.20. The molecule has 22 heavy (non-hydrogen) atoms. The lowest BCUT2D eigenvalue weighted by atomic mass is 10.2. The predicted octanol–water partition coefficient (Wildman–Crippen LogP) is 0.545. The Morgan fingerprint density at radius 1 is 1.36 bits per heavy atom. The van der Waals surface area contributed by atoms with Crippen molar-refractivity contribution in [1.29, 1.82) is 0 Å². The van der Waals surface area contributed by atoms with E-state index in [1.54, 1.807) is 11.2 Å². The third kappa shape index (κ3) is 2.33. The van der Waals surface area contributed by atoms with E-state index in [9.17, 15) is 4.79 Å². The van der Waals surface area contributed by atoms with Gasteiger partial charge in [0.25, 0.3) is 0 Å². The molecule has 3 heterocycles. The maximum Gasteiger partial charge on any atom is 0.246 e. The van der Waals surface area contributed by atoms with Crippen LogP contribution >= 0.6 is 0 Å². The van der Waals surface area contributed by atoms with Gasteiger partial charge in [-0.2, -0.15) is 4.98 Å². The number of hydrogen-bond donors (Lipinski definition) is 2. The molecule has 0 radical (unpaired) electrons. The van der Waals surface area contributed by atoms with E-state index in [4.69, 9.17) is 4.52 Å². The summed E-state index contributed by atoms with van der Waals surface area (Å²) in [5.41, 5.74) is 2.65. The molecule has 1 amide bonds. The Hall–Kier alpha value is -2.74. The van der Waals surface area contributed by atoms with Gasteiger partial charge in [-0.15, -0.1) is 0 Å². The zero-order valence-corrected chi connectivity index (χ0v) is 11.7. The zero-order chi connectivity index (χ0) is 14.9. The Morgan fingerprint density at radius 3 is 3.23 bits per heavy atom. The van der Waals surface area contributed by atoms with E-state index in [-0.39, 0.29) is 5.91 Å². The van der Waals surface area contributed by atoms with Gasteiger partial charge in [-0.05, 0) is 18.2 Å². The number of H-pyrrole nitrogens is 1. The second-order valence-electron chi connectivity index (χ2n) is 5.14. The lowest BCUT2D eigenvalue weighted by Crippen LogP contribution is -2.47. The molecule has 1 saturated heterocycles. The molecule has 0 atom stereocenters. The average molecular weight is 298 g/mol. The van der Waals surface area contributed by atoms with E-state index >= 15 is 0 Å². The molecule has 8 nitrogen and oxygen atoms in total. The summed E-state index contributed by atoms with van der Waals surface area (Å²) in [5, 5.41) is 7.02. The van der Waals surface area contributed by atoms with Crippen LogP contribution in [-0.4, -0.2) is 50.5 Å². The molecule has 0 saturated carbocycles. The van der Waals surface area contributed by atoms with E-state index in [1.165, 1.54) is 0 Å². The molecule has 0 aliphatic carbocycles. The van der Waals surface area contributed by atoms with E-state index < -0.39 is 0 Å². The molecule has 2 N–H and O–H groups in total. The van der Waals surface area contributed by atoms with Crippen molar-refractivity contribution in [3.05, 3.63) is 30.4 Å². The molecule has 1 aromatic carbocycles. The van der Waals surface area contributed by atoms with Gasteiger partial charge in [0.2, 0.25) is 17.6 Å². The van der Waals surface area contributed by atoms with Crippen molar-refractivity contribution >= 4 is 16.9 Å². The van der Waals surface area contributed by atoms with Crippen molar-refractivity contribution in [3.8, 4) is 11.4 Å². The van der Waals surface area contributed by atoms with Crippen molar-refractivity contribution in [2.45, 2.75) is 6.54 Å². The summed E-state index contributed by atoms with van der Waals surface area (Å²) < 4.78 is 5.26. The van der Waals surface area contributed by atoms with Crippen LogP contribution in [0.15, 0.2) is 29.0 Å². The molecule has 0 bridgehead atoms. The molecule has 112 valence electrons. The van der Waals surface area contributed by atoms with Gasteiger partial charge in [-0.1, -0.05) is 5.16 Å². The first kappa shape index (κ1) is 13.0. The van der Waals surface area contributed by atoms with Gasteiger partial charge in [0.1, 0.15) is 6.54 Å². The van der Waals surface area contributed by atoms with Crippen molar-refractivity contribution in [2.75, 3.05) is 19.6 Å². The van der Waals surface area contributed by atoms with Crippen molar-refractivity contribution in [3.63, 3.8) is 0 Å². The van der Waals surface area contributed by atoms with E-state index in [1.807, 2.05) is 18.2 Å². The molecule has 0 spiro atoms. The molecule has 1 fully saturated rings. The second kappa shape index (κ2) is 5.23. The van der Waals surface area contributed by atoms with E-state index in [2.05, 4.69) is 25.4 Å². The minimum absolute atomic E-state index is 0.0462. The number of aromatic nitrogens is 4. The summed E-state index contributed by atoms with van der Waals surface area (Å²) in [4.78, 5) is 25.1. The minimum atomic E-state index is 0.0462. The van der Waals surface area contributed by atoms with Crippen molar-refractivity contribution in [2.24, 2.45) is 0 Å². The normalized spacial score (nSPS) is 15.6. The van der Waals surface area contributed by atoms with Gasteiger partial charge in [-0.3, -0.25) is 4.79 Å². The monoisotopic (exact) mass is 298 g/mol. The number of nitrogens with one attached hydrogen (secondary N) is 2. The molecular weight excluding hydrogens is 284 g/mol. The van der Waals surface area contributed by atoms with Crippen LogP contribution in [-0.2, 0) is 11.3 Å². The fourth-order valence-corrected chi connectivity index (χ4v) is 2.49. The Morgan fingerprint density at radius 2 is 2.32 bits per heavy atom. The van der Waals surface area contributed by atoms with Crippen LogP contribution < -0.4 is 5.32 Å². The van der Waals surface area contributed by atoms with Gasteiger partial charge in [0.15, 0.2) is 0 Å². The summed E-state index contributed by atoms with van der Waals surface area (Å²) in [7, 11) is 0. The van der Waals surface area contributed by atoms with Gasteiger partial charge in [0, 0.05) is 18.7 Å². The molecule has 4 rings (SSSR count). The van der Waals surface area contributed by atoms with Crippen LogP contribution in [0.4, 0.5) is 0 Å². The van der Waals surface area contributed by atoms with Crippen molar-refractivity contribution in [1.82, 2.24) is 30.3 Å². The highest BCUT2D eigenvalue weighted by atomic mass is 16.5. The summed E-state index contributed by atoms with van der Waals surface area (Å²) >= 11 is 0. The minimum Gasteiger partial charge on any atom is -0.345 e.